The second kappa shape index (κ2) is 8.66. The lowest BCUT2D eigenvalue weighted by atomic mass is 10.2. The smallest absolute Gasteiger partial charge is 0.266 e. The second-order valence-corrected chi connectivity index (χ2v) is 6.50. The molecule has 1 heterocycles. The summed E-state index contributed by atoms with van der Waals surface area (Å²) in [6.07, 6.45) is 1.37. The summed E-state index contributed by atoms with van der Waals surface area (Å²) in [5, 5.41) is 12.8. The van der Waals surface area contributed by atoms with E-state index < -0.39 is 5.91 Å². The molecule has 0 aliphatic carbocycles. The van der Waals surface area contributed by atoms with Gasteiger partial charge in [-0.3, -0.25) is 4.79 Å². The molecule has 0 saturated carbocycles. The molecule has 0 saturated heterocycles. The Labute approximate surface area is 171 Å². The molecule has 0 atom stereocenters. The summed E-state index contributed by atoms with van der Waals surface area (Å²) >= 11 is 11.9. The van der Waals surface area contributed by atoms with E-state index in [4.69, 9.17) is 32.4 Å². The molecule has 1 amide bonds. The summed E-state index contributed by atoms with van der Waals surface area (Å²) in [7, 11) is 1.56. The molecule has 2 aromatic carbocycles. The average molecular weight is 413 g/mol. The lowest BCUT2D eigenvalue weighted by Crippen LogP contribution is -2.13. The van der Waals surface area contributed by atoms with Gasteiger partial charge in [-0.2, -0.15) is 5.26 Å². The van der Waals surface area contributed by atoms with Gasteiger partial charge in [0.1, 0.15) is 28.9 Å². The maximum Gasteiger partial charge on any atom is 0.266 e. The Hall–Kier alpha value is -3.20. The first kappa shape index (κ1) is 19.6. The number of nitrogens with one attached hydrogen (secondary N) is 1. The van der Waals surface area contributed by atoms with Gasteiger partial charge < -0.3 is 14.5 Å². The van der Waals surface area contributed by atoms with Crippen molar-refractivity contribution in [3.8, 4) is 23.1 Å². The van der Waals surface area contributed by atoms with Gasteiger partial charge in [0.15, 0.2) is 0 Å². The van der Waals surface area contributed by atoms with Crippen LogP contribution in [0.15, 0.2) is 64.6 Å². The largest absolute Gasteiger partial charge is 0.497 e. The van der Waals surface area contributed by atoms with Crippen LogP contribution in [0.3, 0.4) is 0 Å². The van der Waals surface area contributed by atoms with Crippen LogP contribution in [0.5, 0.6) is 5.75 Å². The van der Waals surface area contributed by atoms with Crippen molar-refractivity contribution >= 4 is 40.9 Å². The van der Waals surface area contributed by atoms with Gasteiger partial charge in [-0.15, -0.1) is 0 Å². The molecule has 7 heteroatoms. The number of nitrogens with zero attached hydrogens (tertiary/aromatic N) is 1. The van der Waals surface area contributed by atoms with Gasteiger partial charge in [0.2, 0.25) is 0 Å². The highest BCUT2D eigenvalue weighted by Crippen LogP contribution is 2.30. The van der Waals surface area contributed by atoms with Gasteiger partial charge >= 0.3 is 0 Å². The summed E-state index contributed by atoms with van der Waals surface area (Å²) in [5.74, 6) is 1.03. The normalized spacial score (nSPS) is 11.0. The summed E-state index contributed by atoms with van der Waals surface area (Å²) in [5.41, 5.74) is 1.18. The molecule has 0 aliphatic rings. The third kappa shape index (κ3) is 4.55. The van der Waals surface area contributed by atoms with Crippen LogP contribution in [0.4, 0.5) is 5.69 Å². The van der Waals surface area contributed by atoms with Gasteiger partial charge in [-0.1, -0.05) is 23.2 Å². The zero-order valence-electron chi connectivity index (χ0n) is 14.7. The highest BCUT2D eigenvalue weighted by atomic mass is 35.5. The van der Waals surface area contributed by atoms with E-state index in [1.165, 1.54) is 6.08 Å². The van der Waals surface area contributed by atoms with E-state index in [-0.39, 0.29) is 5.57 Å². The third-order valence-corrected chi connectivity index (χ3v) is 4.57. The van der Waals surface area contributed by atoms with Crippen molar-refractivity contribution in [1.82, 2.24) is 0 Å². The Morgan fingerprint density at radius 3 is 2.50 bits per heavy atom. The van der Waals surface area contributed by atoms with Gasteiger partial charge in [0.25, 0.3) is 5.91 Å². The predicted molar refractivity (Wildman–Crippen MR) is 109 cm³/mol. The fourth-order valence-corrected chi connectivity index (χ4v) is 2.70. The number of carbonyl (C=O) groups is 1. The van der Waals surface area contributed by atoms with Gasteiger partial charge in [-0.05, 0) is 54.6 Å². The number of benzene rings is 2. The minimum Gasteiger partial charge on any atom is -0.497 e. The molecule has 140 valence electrons. The maximum atomic E-state index is 12.4. The first-order chi connectivity index (χ1) is 13.5. The van der Waals surface area contributed by atoms with E-state index in [2.05, 4.69) is 5.32 Å². The molecule has 5 nitrogen and oxygen atoms in total. The minimum absolute atomic E-state index is 0.0918. The molecule has 0 aliphatic heterocycles. The van der Waals surface area contributed by atoms with Crippen molar-refractivity contribution in [2.24, 2.45) is 0 Å². The zero-order chi connectivity index (χ0) is 20.1. The summed E-state index contributed by atoms with van der Waals surface area (Å²) in [6.45, 7) is 0. The third-order valence-electron chi connectivity index (χ3n) is 3.83. The number of hydrogen-bond donors (Lipinski definition) is 1. The molecule has 0 unspecified atom stereocenters. The number of furan rings is 1. The quantitative estimate of drug-likeness (QED) is 0.423. The van der Waals surface area contributed by atoms with Gasteiger partial charge in [0.05, 0.1) is 17.2 Å². The molecule has 0 bridgehead atoms. The van der Waals surface area contributed by atoms with E-state index in [0.717, 1.165) is 5.56 Å². The molecule has 3 aromatic rings. The molecular weight excluding hydrogens is 399 g/mol. The number of methoxy groups -OCH3 is 1. The zero-order valence-corrected chi connectivity index (χ0v) is 16.2. The molecule has 0 radical (unpaired) electrons. The fourth-order valence-electron chi connectivity index (χ4n) is 2.40. The van der Waals surface area contributed by atoms with E-state index >= 15 is 0 Å². The molecule has 3 rings (SSSR count). The number of nitriles is 1. The van der Waals surface area contributed by atoms with Crippen molar-refractivity contribution in [3.05, 3.63) is 76.0 Å². The SMILES string of the molecule is COc1ccc(NC(=O)/C(C#N)=C\c2ccc(-c3ccc(Cl)c(Cl)c3)o2)cc1. The minimum atomic E-state index is -0.542. The Kier molecular flexibility index (Phi) is 6.05. The molecule has 1 aromatic heterocycles. The van der Waals surface area contributed by atoms with Crippen LogP contribution in [0.1, 0.15) is 5.76 Å². The number of amides is 1. The highest BCUT2D eigenvalue weighted by molar-refractivity contribution is 6.42. The standard InChI is InChI=1S/C21H14Cl2N2O3/c1-27-16-5-3-15(4-6-16)25-21(26)14(12-24)10-17-7-9-20(28-17)13-2-8-18(22)19(23)11-13/h2-11H,1H3,(H,25,26)/b14-10-. The number of carbonyl (C=O) groups excluding carboxylic acids is 1. The summed E-state index contributed by atoms with van der Waals surface area (Å²) < 4.78 is 10.8. The van der Waals surface area contributed by atoms with Crippen LogP contribution >= 0.6 is 23.2 Å². The van der Waals surface area contributed by atoms with Crippen LogP contribution in [0, 0.1) is 11.3 Å². The molecule has 0 spiro atoms. The number of halogens is 2. The topological polar surface area (TPSA) is 75.3 Å². The van der Waals surface area contributed by atoms with E-state index in [0.29, 0.717) is 33.0 Å². The van der Waals surface area contributed by atoms with Crippen LogP contribution in [0.2, 0.25) is 10.0 Å². The number of hydrogen-bond acceptors (Lipinski definition) is 4. The lowest BCUT2D eigenvalue weighted by molar-refractivity contribution is -0.112. The Bertz CT molecular complexity index is 1080. The average Bonchev–Trinajstić information content (AvgIpc) is 3.17. The molecule has 0 fully saturated rings. The number of ether oxygens (including phenoxy) is 1. The van der Waals surface area contributed by atoms with E-state index in [1.807, 2.05) is 6.07 Å². The first-order valence-corrected chi connectivity index (χ1v) is 8.88. The monoisotopic (exact) mass is 412 g/mol. The van der Waals surface area contributed by atoms with Crippen LogP contribution in [-0.2, 0) is 4.79 Å². The van der Waals surface area contributed by atoms with Gasteiger partial charge in [0, 0.05) is 17.3 Å². The molecular formula is C21H14Cl2N2O3. The molecule has 1 N–H and O–H groups in total. The maximum absolute atomic E-state index is 12.4. The van der Waals surface area contributed by atoms with Crippen molar-refractivity contribution in [2.45, 2.75) is 0 Å². The Morgan fingerprint density at radius 2 is 1.86 bits per heavy atom. The number of rotatable bonds is 5. The fraction of sp³-hybridized carbons (Fsp3) is 0.0476. The number of anilines is 1. The van der Waals surface area contributed by atoms with E-state index in [9.17, 15) is 10.1 Å². The van der Waals surface area contributed by atoms with Crippen LogP contribution in [0.25, 0.3) is 17.4 Å². The van der Waals surface area contributed by atoms with Crippen LogP contribution < -0.4 is 10.1 Å². The summed E-state index contributed by atoms with van der Waals surface area (Å²) in [4.78, 5) is 12.4. The predicted octanol–water partition coefficient (Wildman–Crippen LogP) is 5.81. The summed E-state index contributed by atoms with van der Waals surface area (Å²) in [6, 6.07) is 17.2. The van der Waals surface area contributed by atoms with Crippen molar-refractivity contribution in [2.75, 3.05) is 12.4 Å². The highest BCUT2D eigenvalue weighted by Gasteiger charge is 2.12. The molecule has 28 heavy (non-hydrogen) atoms. The van der Waals surface area contributed by atoms with Crippen molar-refractivity contribution in [1.29, 1.82) is 5.26 Å². The Balaban J connectivity index is 1.78. The second-order valence-electron chi connectivity index (χ2n) is 5.68. The van der Waals surface area contributed by atoms with Crippen molar-refractivity contribution in [3.63, 3.8) is 0 Å². The van der Waals surface area contributed by atoms with Crippen LogP contribution in [-0.4, -0.2) is 13.0 Å². The first-order valence-electron chi connectivity index (χ1n) is 8.12. The Morgan fingerprint density at radius 1 is 1.11 bits per heavy atom. The lowest BCUT2D eigenvalue weighted by Gasteiger charge is -2.05. The van der Waals surface area contributed by atoms with Crippen molar-refractivity contribution < 1.29 is 13.9 Å². The van der Waals surface area contributed by atoms with Gasteiger partial charge in [-0.25, -0.2) is 0 Å². The van der Waals surface area contributed by atoms with E-state index in [1.54, 1.807) is 61.7 Å².